The minimum Gasteiger partial charge on any atom is -0.492 e. The average Bonchev–Trinajstić information content (AvgIpc) is 3.20. The Morgan fingerprint density at radius 1 is 1.13 bits per heavy atom. The highest BCUT2D eigenvalue weighted by Crippen LogP contribution is 2.38. The Morgan fingerprint density at radius 3 is 2.42 bits per heavy atom. The Balaban J connectivity index is 0.00000480. The van der Waals surface area contributed by atoms with Gasteiger partial charge in [0.25, 0.3) is 0 Å². The Hall–Kier alpha value is -1.55. The monoisotopic (exact) mass is 545 g/mol. The van der Waals surface area contributed by atoms with Crippen LogP contribution < -0.4 is 15.4 Å². The molecule has 1 amide bonds. The van der Waals surface area contributed by atoms with Gasteiger partial charge in [0.1, 0.15) is 12.4 Å². The number of benzene rings is 1. The van der Waals surface area contributed by atoms with Gasteiger partial charge in [-0.05, 0) is 39.9 Å². The number of rotatable bonds is 10. The number of amides is 1. The molecule has 0 spiro atoms. The van der Waals surface area contributed by atoms with Gasteiger partial charge >= 0.3 is 0 Å². The highest BCUT2D eigenvalue weighted by Gasteiger charge is 2.42. The molecule has 0 unspecified atom stereocenters. The number of likely N-dealkylation sites (N-methyl/N-ethyl adjacent to an activating group) is 1. The molecule has 0 aliphatic heterocycles. The first-order valence-electron chi connectivity index (χ1n) is 11.0. The number of para-hydroxylation sites is 1. The first kappa shape index (κ1) is 27.5. The number of aliphatic imine (C=N–C) groups is 1. The van der Waals surface area contributed by atoms with Crippen LogP contribution in [0.4, 0.5) is 0 Å². The molecule has 2 N–H and O–H groups in total. The van der Waals surface area contributed by atoms with E-state index in [0.717, 1.165) is 56.0 Å². The lowest BCUT2D eigenvalue weighted by atomic mass is 9.84. The number of hydrogen-bond donors (Lipinski definition) is 2. The SMILES string of the molecule is CCNC(=NCc1ccccc1OCCN(C)C)NCC1(C(=O)N(C)C)CCCC1.I. The van der Waals surface area contributed by atoms with E-state index in [-0.39, 0.29) is 35.3 Å². The number of carbonyl (C=O) groups excluding carboxylic acids is 1. The van der Waals surface area contributed by atoms with Gasteiger partial charge in [0, 0.05) is 39.3 Å². The molecular weight excluding hydrogens is 505 g/mol. The molecule has 0 heterocycles. The third-order valence-electron chi connectivity index (χ3n) is 5.54. The second kappa shape index (κ2) is 13.8. The molecule has 8 heteroatoms. The lowest BCUT2D eigenvalue weighted by Gasteiger charge is -2.31. The van der Waals surface area contributed by atoms with Crippen molar-refractivity contribution in [3.05, 3.63) is 29.8 Å². The molecule has 1 fully saturated rings. The first-order valence-corrected chi connectivity index (χ1v) is 11.0. The molecule has 7 nitrogen and oxygen atoms in total. The second-order valence-electron chi connectivity index (χ2n) is 8.50. The van der Waals surface area contributed by atoms with Gasteiger partial charge in [0.05, 0.1) is 12.0 Å². The van der Waals surface area contributed by atoms with Crippen molar-refractivity contribution < 1.29 is 9.53 Å². The fourth-order valence-electron chi connectivity index (χ4n) is 3.86. The minimum absolute atomic E-state index is 0. The van der Waals surface area contributed by atoms with E-state index < -0.39 is 0 Å². The zero-order valence-electron chi connectivity index (χ0n) is 19.7. The number of guanidine groups is 1. The summed E-state index contributed by atoms with van der Waals surface area (Å²) in [7, 11) is 7.75. The Kier molecular flexibility index (Phi) is 12.2. The Bertz CT molecular complexity index is 703. The van der Waals surface area contributed by atoms with Crippen molar-refractivity contribution in [3.8, 4) is 5.75 Å². The lowest BCUT2D eigenvalue weighted by molar-refractivity contribution is -0.138. The summed E-state index contributed by atoms with van der Waals surface area (Å²) in [4.78, 5) is 21.4. The van der Waals surface area contributed by atoms with Crippen LogP contribution in [-0.4, -0.2) is 76.1 Å². The van der Waals surface area contributed by atoms with Crippen LogP contribution in [0.1, 0.15) is 38.2 Å². The van der Waals surface area contributed by atoms with Crippen LogP contribution in [0, 0.1) is 5.41 Å². The number of nitrogens with one attached hydrogen (secondary N) is 2. The second-order valence-corrected chi connectivity index (χ2v) is 8.50. The van der Waals surface area contributed by atoms with Crippen LogP contribution >= 0.6 is 24.0 Å². The van der Waals surface area contributed by atoms with Gasteiger partial charge < -0.3 is 25.2 Å². The standard InChI is InChI=1S/C23H39N5O2.HI/c1-6-24-22(26-18-23(13-9-10-14-23)21(29)28(4)5)25-17-19-11-7-8-12-20(19)30-16-15-27(2)3;/h7-8,11-12H,6,9-10,13-18H2,1-5H3,(H2,24,25,26);1H. The summed E-state index contributed by atoms with van der Waals surface area (Å²) >= 11 is 0. The number of hydrogen-bond acceptors (Lipinski definition) is 4. The van der Waals surface area contributed by atoms with Gasteiger partial charge in [-0.25, -0.2) is 4.99 Å². The fraction of sp³-hybridized carbons (Fsp3) is 0.652. The van der Waals surface area contributed by atoms with E-state index in [4.69, 9.17) is 9.73 Å². The van der Waals surface area contributed by atoms with Crippen molar-refractivity contribution in [3.63, 3.8) is 0 Å². The van der Waals surface area contributed by atoms with E-state index in [2.05, 4.69) is 15.5 Å². The fourth-order valence-corrected chi connectivity index (χ4v) is 3.86. The lowest BCUT2D eigenvalue weighted by Crippen LogP contribution is -2.49. The summed E-state index contributed by atoms with van der Waals surface area (Å²) in [6.45, 7) is 5.44. The molecule has 2 rings (SSSR count). The zero-order chi connectivity index (χ0) is 22.0. The maximum absolute atomic E-state index is 12.8. The highest BCUT2D eigenvalue weighted by atomic mass is 127. The van der Waals surface area contributed by atoms with Crippen LogP contribution in [0.25, 0.3) is 0 Å². The zero-order valence-corrected chi connectivity index (χ0v) is 22.1. The van der Waals surface area contributed by atoms with E-state index in [9.17, 15) is 4.79 Å². The molecule has 31 heavy (non-hydrogen) atoms. The molecule has 1 aromatic rings. The Morgan fingerprint density at radius 2 is 1.81 bits per heavy atom. The predicted molar refractivity (Wildman–Crippen MR) is 138 cm³/mol. The first-order chi connectivity index (χ1) is 14.4. The minimum atomic E-state index is -0.326. The summed E-state index contributed by atoms with van der Waals surface area (Å²) in [6.07, 6.45) is 4.07. The number of nitrogens with zero attached hydrogens (tertiary/aromatic N) is 3. The molecule has 0 radical (unpaired) electrons. The van der Waals surface area contributed by atoms with Crippen LogP contribution in [0.3, 0.4) is 0 Å². The van der Waals surface area contributed by atoms with Gasteiger partial charge in [-0.15, -0.1) is 24.0 Å². The van der Waals surface area contributed by atoms with Gasteiger partial charge in [-0.2, -0.15) is 0 Å². The maximum atomic E-state index is 12.8. The average molecular weight is 546 g/mol. The molecule has 1 saturated carbocycles. The van der Waals surface area contributed by atoms with Gasteiger partial charge in [-0.1, -0.05) is 31.0 Å². The summed E-state index contributed by atoms with van der Waals surface area (Å²) in [5, 5.41) is 6.74. The van der Waals surface area contributed by atoms with Crippen LogP contribution in [-0.2, 0) is 11.3 Å². The number of carbonyl (C=O) groups is 1. The van der Waals surface area contributed by atoms with Crippen LogP contribution in [0.15, 0.2) is 29.3 Å². The molecule has 1 aromatic carbocycles. The molecule has 1 aliphatic rings. The molecule has 0 atom stereocenters. The topological polar surface area (TPSA) is 69.2 Å². The molecule has 0 saturated heterocycles. The van der Waals surface area contributed by atoms with E-state index in [1.807, 2.05) is 59.4 Å². The molecule has 176 valence electrons. The van der Waals surface area contributed by atoms with Crippen molar-refractivity contribution in [2.24, 2.45) is 10.4 Å². The molecule has 0 bridgehead atoms. The summed E-state index contributed by atoms with van der Waals surface area (Å²) < 4.78 is 5.95. The quantitative estimate of drug-likeness (QED) is 0.269. The van der Waals surface area contributed by atoms with Crippen molar-refractivity contribution >= 4 is 35.8 Å². The van der Waals surface area contributed by atoms with E-state index in [1.165, 1.54) is 0 Å². The van der Waals surface area contributed by atoms with Crippen LogP contribution in [0.2, 0.25) is 0 Å². The normalized spacial score (nSPS) is 15.4. The van der Waals surface area contributed by atoms with E-state index >= 15 is 0 Å². The largest absolute Gasteiger partial charge is 0.492 e. The summed E-state index contributed by atoms with van der Waals surface area (Å²) in [5.74, 6) is 1.82. The molecule has 1 aliphatic carbocycles. The maximum Gasteiger partial charge on any atom is 0.230 e. The molecular formula is C23H40IN5O2. The van der Waals surface area contributed by atoms with Crippen LogP contribution in [0.5, 0.6) is 5.75 Å². The number of ether oxygens (including phenoxy) is 1. The Labute approximate surface area is 205 Å². The third-order valence-corrected chi connectivity index (χ3v) is 5.54. The van der Waals surface area contributed by atoms with Gasteiger partial charge in [-0.3, -0.25) is 4.79 Å². The summed E-state index contributed by atoms with van der Waals surface area (Å²) in [5.41, 5.74) is 0.723. The van der Waals surface area contributed by atoms with Crippen molar-refractivity contribution in [2.75, 3.05) is 54.4 Å². The van der Waals surface area contributed by atoms with Crippen molar-refractivity contribution in [1.29, 1.82) is 0 Å². The van der Waals surface area contributed by atoms with E-state index in [0.29, 0.717) is 19.7 Å². The van der Waals surface area contributed by atoms with Gasteiger partial charge in [0.2, 0.25) is 5.91 Å². The van der Waals surface area contributed by atoms with Crippen molar-refractivity contribution in [1.82, 2.24) is 20.4 Å². The van der Waals surface area contributed by atoms with Crippen molar-refractivity contribution in [2.45, 2.75) is 39.2 Å². The highest BCUT2D eigenvalue weighted by molar-refractivity contribution is 14.0. The van der Waals surface area contributed by atoms with E-state index in [1.54, 1.807) is 4.90 Å². The third kappa shape index (κ3) is 8.48. The smallest absolute Gasteiger partial charge is 0.230 e. The van der Waals surface area contributed by atoms with Gasteiger partial charge in [0.15, 0.2) is 5.96 Å². The molecule has 0 aromatic heterocycles. The predicted octanol–water partition coefficient (Wildman–Crippen LogP) is 2.95. The number of halogens is 1. The summed E-state index contributed by atoms with van der Waals surface area (Å²) in [6, 6.07) is 8.03.